The number of halogens is 1. The normalized spacial score (nSPS) is 10.9. The summed E-state index contributed by atoms with van der Waals surface area (Å²) in [6.07, 6.45) is 0. The van der Waals surface area contributed by atoms with Crippen LogP contribution in [0.1, 0.15) is 6.92 Å². The zero-order valence-electron chi connectivity index (χ0n) is 12.3. The molecule has 0 aliphatic rings. The van der Waals surface area contributed by atoms with E-state index in [-0.39, 0.29) is 4.90 Å². The molecule has 0 aliphatic heterocycles. The van der Waals surface area contributed by atoms with Gasteiger partial charge < -0.3 is 10.6 Å². The third-order valence-electron chi connectivity index (χ3n) is 2.87. The molecular formula is C15H16ClN3O3S. The highest BCUT2D eigenvalue weighted by Crippen LogP contribution is 2.15. The quantitative estimate of drug-likeness (QED) is 0.769. The van der Waals surface area contributed by atoms with E-state index in [0.29, 0.717) is 10.7 Å². The second kappa shape index (κ2) is 7.34. The molecule has 122 valence electrons. The van der Waals surface area contributed by atoms with E-state index in [1.165, 1.54) is 12.1 Å². The Morgan fingerprint density at radius 1 is 1.00 bits per heavy atom. The lowest BCUT2D eigenvalue weighted by Crippen LogP contribution is -2.34. The van der Waals surface area contributed by atoms with Crippen molar-refractivity contribution in [3.8, 4) is 0 Å². The second-order valence-electron chi connectivity index (χ2n) is 4.62. The van der Waals surface area contributed by atoms with Crippen LogP contribution in [-0.2, 0) is 10.0 Å². The summed E-state index contributed by atoms with van der Waals surface area (Å²) in [5.41, 5.74) is 1.24. The summed E-state index contributed by atoms with van der Waals surface area (Å²) >= 11 is 5.74. The van der Waals surface area contributed by atoms with Crippen molar-refractivity contribution in [2.24, 2.45) is 0 Å². The minimum absolute atomic E-state index is 0.00501. The third-order valence-corrected chi connectivity index (χ3v) is 4.47. The van der Waals surface area contributed by atoms with Crippen molar-refractivity contribution in [2.75, 3.05) is 17.2 Å². The smallest absolute Gasteiger partial charge is 0.333 e. The van der Waals surface area contributed by atoms with Crippen LogP contribution in [0.3, 0.4) is 0 Å². The Kier molecular flexibility index (Phi) is 5.46. The number of carbonyl (C=O) groups is 1. The molecule has 0 aromatic heterocycles. The number of nitrogens with one attached hydrogen (secondary N) is 3. The molecule has 0 aliphatic carbocycles. The molecule has 2 rings (SSSR count). The van der Waals surface area contributed by atoms with Gasteiger partial charge in [-0.2, -0.15) is 0 Å². The van der Waals surface area contributed by atoms with Crippen molar-refractivity contribution in [3.05, 3.63) is 53.6 Å². The first-order chi connectivity index (χ1) is 10.9. The van der Waals surface area contributed by atoms with Crippen LogP contribution in [0.5, 0.6) is 0 Å². The predicted octanol–water partition coefficient (Wildman–Crippen LogP) is 3.28. The second-order valence-corrected chi connectivity index (χ2v) is 6.74. The van der Waals surface area contributed by atoms with Gasteiger partial charge in [0, 0.05) is 22.9 Å². The topological polar surface area (TPSA) is 87.3 Å². The molecule has 23 heavy (non-hydrogen) atoms. The van der Waals surface area contributed by atoms with Crippen molar-refractivity contribution >= 4 is 39.0 Å². The molecule has 0 spiro atoms. The summed E-state index contributed by atoms with van der Waals surface area (Å²) in [5, 5.41) is 6.00. The van der Waals surface area contributed by atoms with Gasteiger partial charge in [0.15, 0.2) is 0 Å². The number of hydrogen-bond donors (Lipinski definition) is 3. The molecule has 3 N–H and O–H groups in total. The van der Waals surface area contributed by atoms with Crippen LogP contribution in [0.2, 0.25) is 5.02 Å². The van der Waals surface area contributed by atoms with Crippen LogP contribution in [0, 0.1) is 0 Å². The molecule has 0 unspecified atom stereocenters. The first-order valence-electron chi connectivity index (χ1n) is 6.84. The Labute approximate surface area is 139 Å². The van der Waals surface area contributed by atoms with E-state index in [0.717, 1.165) is 12.2 Å². The Morgan fingerprint density at radius 2 is 1.57 bits per heavy atom. The number of rotatable bonds is 5. The zero-order chi connectivity index (χ0) is 16.9. The standard InChI is InChI=1S/C15H16ClN3O3S/c1-2-17-12-7-9-14(10-8-12)23(21,22)19-15(20)18-13-5-3-11(16)4-6-13/h3-10,17H,2H2,1H3,(H2,18,19,20). The Hall–Kier alpha value is -2.25. The van der Waals surface area contributed by atoms with Gasteiger partial charge in [0.2, 0.25) is 0 Å². The summed E-state index contributed by atoms with van der Waals surface area (Å²) in [6, 6.07) is 11.6. The predicted molar refractivity (Wildman–Crippen MR) is 91.4 cm³/mol. The van der Waals surface area contributed by atoms with Crippen LogP contribution in [0.4, 0.5) is 16.2 Å². The maximum absolute atomic E-state index is 12.1. The van der Waals surface area contributed by atoms with Crippen LogP contribution in [-0.4, -0.2) is 21.0 Å². The number of carbonyl (C=O) groups excluding carboxylic acids is 1. The Morgan fingerprint density at radius 3 is 2.13 bits per heavy atom. The molecule has 0 saturated heterocycles. The van der Waals surface area contributed by atoms with Crippen molar-refractivity contribution in [3.63, 3.8) is 0 Å². The summed E-state index contributed by atoms with van der Waals surface area (Å²) < 4.78 is 26.2. The number of hydrogen-bond acceptors (Lipinski definition) is 4. The zero-order valence-corrected chi connectivity index (χ0v) is 13.9. The molecule has 0 atom stereocenters. The number of urea groups is 1. The fraction of sp³-hybridized carbons (Fsp3) is 0.133. The van der Waals surface area contributed by atoms with E-state index in [4.69, 9.17) is 11.6 Å². The van der Waals surface area contributed by atoms with Crippen molar-refractivity contribution in [1.29, 1.82) is 0 Å². The highest BCUT2D eigenvalue weighted by molar-refractivity contribution is 7.90. The van der Waals surface area contributed by atoms with Crippen LogP contribution < -0.4 is 15.4 Å². The molecule has 6 nitrogen and oxygen atoms in total. The summed E-state index contributed by atoms with van der Waals surface area (Å²) in [5.74, 6) is 0. The molecule has 0 saturated carbocycles. The van der Waals surface area contributed by atoms with Crippen molar-refractivity contribution < 1.29 is 13.2 Å². The van der Waals surface area contributed by atoms with Gasteiger partial charge in [0.25, 0.3) is 10.0 Å². The van der Waals surface area contributed by atoms with E-state index >= 15 is 0 Å². The molecule has 2 amide bonds. The summed E-state index contributed by atoms with van der Waals surface area (Å²) in [4.78, 5) is 11.8. The van der Waals surface area contributed by atoms with Crippen LogP contribution in [0.25, 0.3) is 0 Å². The van der Waals surface area contributed by atoms with Gasteiger partial charge >= 0.3 is 6.03 Å². The lowest BCUT2D eigenvalue weighted by Gasteiger charge is -2.09. The van der Waals surface area contributed by atoms with E-state index < -0.39 is 16.1 Å². The third kappa shape index (κ3) is 4.87. The average Bonchev–Trinajstić information content (AvgIpc) is 2.50. The van der Waals surface area contributed by atoms with Gasteiger partial charge in [0.05, 0.1) is 4.90 Å². The Balaban J connectivity index is 2.04. The molecule has 0 fully saturated rings. The average molecular weight is 354 g/mol. The van der Waals surface area contributed by atoms with Crippen LogP contribution >= 0.6 is 11.6 Å². The van der Waals surface area contributed by atoms with Gasteiger partial charge in [-0.3, -0.25) is 0 Å². The number of benzene rings is 2. The SMILES string of the molecule is CCNc1ccc(S(=O)(=O)NC(=O)Nc2ccc(Cl)cc2)cc1. The molecule has 2 aromatic rings. The summed E-state index contributed by atoms with van der Waals surface area (Å²) in [7, 11) is -3.94. The first kappa shape index (κ1) is 17.1. The van der Waals surface area contributed by atoms with Gasteiger partial charge in [0.1, 0.15) is 0 Å². The van der Waals surface area contributed by atoms with E-state index in [1.54, 1.807) is 36.4 Å². The van der Waals surface area contributed by atoms with E-state index in [1.807, 2.05) is 11.6 Å². The molecule has 8 heteroatoms. The van der Waals surface area contributed by atoms with Crippen molar-refractivity contribution in [1.82, 2.24) is 4.72 Å². The molecule has 0 heterocycles. The molecular weight excluding hydrogens is 338 g/mol. The fourth-order valence-electron chi connectivity index (χ4n) is 1.83. The summed E-state index contributed by atoms with van der Waals surface area (Å²) in [6.45, 7) is 2.67. The van der Waals surface area contributed by atoms with Gasteiger partial charge in [-0.05, 0) is 55.5 Å². The fourth-order valence-corrected chi connectivity index (χ4v) is 2.86. The largest absolute Gasteiger partial charge is 0.385 e. The lowest BCUT2D eigenvalue weighted by atomic mass is 10.3. The van der Waals surface area contributed by atoms with E-state index in [2.05, 4.69) is 10.6 Å². The monoisotopic (exact) mass is 353 g/mol. The van der Waals surface area contributed by atoms with Gasteiger partial charge in [-0.15, -0.1) is 0 Å². The molecule has 0 bridgehead atoms. The minimum Gasteiger partial charge on any atom is -0.385 e. The van der Waals surface area contributed by atoms with E-state index in [9.17, 15) is 13.2 Å². The highest BCUT2D eigenvalue weighted by Gasteiger charge is 2.17. The minimum atomic E-state index is -3.94. The number of amides is 2. The van der Waals surface area contributed by atoms with Gasteiger partial charge in [-0.1, -0.05) is 11.6 Å². The van der Waals surface area contributed by atoms with Crippen molar-refractivity contribution in [2.45, 2.75) is 11.8 Å². The number of sulfonamides is 1. The first-order valence-corrected chi connectivity index (χ1v) is 8.70. The molecule has 0 radical (unpaired) electrons. The highest BCUT2D eigenvalue weighted by atomic mass is 35.5. The maximum Gasteiger partial charge on any atom is 0.333 e. The Bertz CT molecular complexity index is 775. The maximum atomic E-state index is 12.1. The number of anilines is 2. The van der Waals surface area contributed by atoms with Gasteiger partial charge in [-0.25, -0.2) is 17.9 Å². The molecule has 2 aromatic carbocycles. The lowest BCUT2D eigenvalue weighted by molar-refractivity contribution is 0.256. The van der Waals surface area contributed by atoms with Crippen LogP contribution in [0.15, 0.2) is 53.4 Å².